The van der Waals surface area contributed by atoms with Gasteiger partial charge >= 0.3 is 5.97 Å². The first-order valence-corrected chi connectivity index (χ1v) is 10.5. The molecule has 0 radical (unpaired) electrons. The maximum Gasteiger partial charge on any atom is 0.344 e. The number of thiol groups is 1. The lowest BCUT2D eigenvalue weighted by atomic mass is 10.1. The van der Waals surface area contributed by atoms with E-state index in [2.05, 4.69) is 17.5 Å². The maximum absolute atomic E-state index is 12.7. The second kappa shape index (κ2) is 10.3. The van der Waals surface area contributed by atoms with Crippen LogP contribution in [0.4, 0.5) is 0 Å². The summed E-state index contributed by atoms with van der Waals surface area (Å²) in [7, 11) is 0. The van der Waals surface area contributed by atoms with Crippen LogP contribution in [0.25, 0.3) is 0 Å². The highest BCUT2D eigenvalue weighted by Gasteiger charge is 2.29. The van der Waals surface area contributed by atoms with E-state index in [0.717, 1.165) is 0 Å². The zero-order chi connectivity index (χ0) is 23.3. The van der Waals surface area contributed by atoms with Gasteiger partial charge in [-0.3, -0.25) is 19.1 Å². The largest absolute Gasteiger partial charge is 0.482 e. The van der Waals surface area contributed by atoms with Gasteiger partial charge < -0.3 is 14.4 Å². The fraction of sp³-hybridized carbons (Fsp3) is 0.304. The highest BCUT2D eigenvalue weighted by Crippen LogP contribution is 2.24. The Hall–Kier alpha value is -3.33. The number of carbonyl (C=O) groups excluding carboxylic acids is 4. The van der Waals surface area contributed by atoms with Crippen LogP contribution in [0.5, 0.6) is 5.75 Å². The smallest absolute Gasteiger partial charge is 0.344 e. The van der Waals surface area contributed by atoms with Crippen LogP contribution in [0.3, 0.4) is 0 Å². The van der Waals surface area contributed by atoms with Crippen molar-refractivity contribution >= 4 is 36.4 Å². The number of carbonyl (C=O) groups is 4. The van der Waals surface area contributed by atoms with Gasteiger partial charge in [0.1, 0.15) is 5.75 Å². The Kier molecular flexibility index (Phi) is 7.53. The summed E-state index contributed by atoms with van der Waals surface area (Å²) in [5.41, 5.74) is 1.97. The maximum atomic E-state index is 12.7. The van der Waals surface area contributed by atoms with Crippen molar-refractivity contribution < 1.29 is 28.7 Å². The lowest BCUT2D eigenvalue weighted by Gasteiger charge is -2.14. The number of ketones is 1. The van der Waals surface area contributed by atoms with Gasteiger partial charge in [-0.2, -0.15) is 0 Å². The van der Waals surface area contributed by atoms with E-state index in [1.165, 1.54) is 4.90 Å². The van der Waals surface area contributed by atoms with Gasteiger partial charge in [0.2, 0.25) is 0 Å². The summed E-state index contributed by atoms with van der Waals surface area (Å²) in [6.45, 7) is 4.15. The van der Waals surface area contributed by atoms with Crippen LogP contribution in [0, 0.1) is 5.92 Å². The molecule has 0 aliphatic carbocycles. The molecular weight excluding hydrogens is 432 g/mol. The number of nitrogens with zero attached hydrogens (tertiary/aromatic N) is 1. The molecule has 168 valence electrons. The number of amides is 2. The van der Waals surface area contributed by atoms with Crippen LogP contribution in [-0.2, 0) is 16.1 Å². The van der Waals surface area contributed by atoms with E-state index in [4.69, 9.17) is 9.47 Å². The number of hydrogen-bond donors (Lipinski definition) is 2. The topological polar surface area (TPSA) is 102 Å². The summed E-state index contributed by atoms with van der Waals surface area (Å²) >= 11 is 3.75. The predicted molar refractivity (Wildman–Crippen MR) is 120 cm³/mol. The molecular formula is C23H24N2O6S. The zero-order valence-corrected chi connectivity index (χ0v) is 18.7. The molecule has 1 aliphatic rings. The molecule has 1 heterocycles. The molecule has 32 heavy (non-hydrogen) atoms. The van der Waals surface area contributed by atoms with Crippen molar-refractivity contribution in [1.82, 2.24) is 9.62 Å². The average Bonchev–Trinajstić information content (AvgIpc) is 3.10. The van der Waals surface area contributed by atoms with Crippen LogP contribution in [-0.4, -0.2) is 48.2 Å². The van der Waals surface area contributed by atoms with Crippen LogP contribution < -0.4 is 9.46 Å². The van der Waals surface area contributed by atoms with Gasteiger partial charge in [-0.1, -0.05) is 26.7 Å². The Labute approximate surface area is 191 Å². The number of esters is 1. The van der Waals surface area contributed by atoms with Crippen molar-refractivity contribution in [3.63, 3.8) is 0 Å². The molecule has 2 aromatic rings. The van der Waals surface area contributed by atoms with E-state index in [9.17, 15) is 19.2 Å². The standard InChI is InChI=1S/C23H24N2O6S/c1-14(2)12-31-21(27)13-30-18-6-3-15(4-7-18)20(26)11-25-10-17-9-16(22(28)24-32)5-8-19(17)23(25)29/h3-9,14,32H,10-13H2,1-2H3,(H,24,28). The summed E-state index contributed by atoms with van der Waals surface area (Å²) < 4.78 is 12.7. The molecule has 0 saturated carbocycles. The van der Waals surface area contributed by atoms with E-state index in [1.54, 1.807) is 42.5 Å². The normalized spacial score (nSPS) is 12.5. The van der Waals surface area contributed by atoms with Crippen molar-refractivity contribution in [3.05, 3.63) is 64.7 Å². The Morgan fingerprint density at radius 1 is 1.09 bits per heavy atom. The molecule has 0 saturated heterocycles. The molecule has 2 aromatic carbocycles. The molecule has 0 fully saturated rings. The van der Waals surface area contributed by atoms with Gasteiger partial charge in [-0.25, -0.2) is 4.79 Å². The number of rotatable bonds is 9. The van der Waals surface area contributed by atoms with E-state index in [0.29, 0.717) is 34.6 Å². The SMILES string of the molecule is CC(C)COC(=O)COc1ccc(C(=O)CN2Cc3cc(C(=O)NS)ccc3C2=O)cc1. The molecule has 2 amide bonds. The van der Waals surface area contributed by atoms with Gasteiger partial charge in [0, 0.05) is 23.2 Å². The lowest BCUT2D eigenvalue weighted by molar-refractivity contribution is -0.147. The number of hydrogen-bond acceptors (Lipinski definition) is 7. The third-order valence-corrected chi connectivity index (χ3v) is 5.00. The Bertz CT molecular complexity index is 1040. The van der Waals surface area contributed by atoms with E-state index in [1.807, 2.05) is 13.8 Å². The summed E-state index contributed by atoms with van der Waals surface area (Å²) in [5, 5.41) is 0. The summed E-state index contributed by atoms with van der Waals surface area (Å²) in [6.07, 6.45) is 0. The fourth-order valence-electron chi connectivity index (χ4n) is 3.16. The number of Topliss-reactive ketones (excluding diaryl/α,β-unsaturated/α-hetero) is 1. The highest BCUT2D eigenvalue weighted by molar-refractivity contribution is 7.78. The second-order valence-electron chi connectivity index (χ2n) is 7.79. The number of nitrogens with one attached hydrogen (secondary N) is 1. The number of ether oxygens (including phenoxy) is 2. The molecule has 0 atom stereocenters. The number of benzene rings is 2. The summed E-state index contributed by atoms with van der Waals surface area (Å²) in [5.74, 6) is -0.639. The minimum absolute atomic E-state index is 0.0939. The Morgan fingerprint density at radius 2 is 1.78 bits per heavy atom. The quantitative estimate of drug-likeness (QED) is 0.342. The highest BCUT2D eigenvalue weighted by atomic mass is 32.1. The van der Waals surface area contributed by atoms with Gasteiger partial charge in [0.25, 0.3) is 11.8 Å². The summed E-state index contributed by atoms with van der Waals surface area (Å²) in [6, 6.07) is 11.1. The van der Waals surface area contributed by atoms with Crippen LogP contribution in [0.15, 0.2) is 42.5 Å². The van der Waals surface area contributed by atoms with Gasteiger partial charge in [-0.15, -0.1) is 0 Å². The Balaban J connectivity index is 1.56. The van der Waals surface area contributed by atoms with Crippen molar-refractivity contribution in [2.75, 3.05) is 19.8 Å². The first kappa shape index (κ1) is 23.3. The number of fused-ring (bicyclic) bond motifs is 1. The van der Waals surface area contributed by atoms with E-state index < -0.39 is 5.97 Å². The molecule has 0 aromatic heterocycles. The molecule has 8 nitrogen and oxygen atoms in total. The Morgan fingerprint density at radius 3 is 2.44 bits per heavy atom. The minimum Gasteiger partial charge on any atom is -0.482 e. The average molecular weight is 457 g/mol. The van der Waals surface area contributed by atoms with E-state index >= 15 is 0 Å². The molecule has 0 bridgehead atoms. The van der Waals surface area contributed by atoms with Crippen LogP contribution in [0.1, 0.15) is 50.5 Å². The minimum atomic E-state index is -0.457. The third-order valence-electron chi connectivity index (χ3n) is 4.79. The first-order chi connectivity index (χ1) is 15.3. The predicted octanol–water partition coefficient (Wildman–Crippen LogP) is 2.68. The molecule has 1 aliphatic heterocycles. The molecule has 0 unspecified atom stereocenters. The lowest BCUT2D eigenvalue weighted by Crippen LogP contribution is -2.30. The molecule has 9 heteroatoms. The van der Waals surface area contributed by atoms with Crippen LogP contribution >= 0.6 is 12.8 Å². The second-order valence-corrected chi connectivity index (χ2v) is 8.01. The summed E-state index contributed by atoms with van der Waals surface area (Å²) in [4.78, 5) is 50.1. The zero-order valence-electron chi connectivity index (χ0n) is 17.8. The first-order valence-electron chi connectivity index (χ1n) is 10.1. The monoisotopic (exact) mass is 456 g/mol. The van der Waals surface area contributed by atoms with Crippen molar-refractivity contribution in [1.29, 1.82) is 0 Å². The van der Waals surface area contributed by atoms with Crippen LogP contribution in [0.2, 0.25) is 0 Å². The molecule has 1 N–H and O–H groups in total. The van der Waals surface area contributed by atoms with Crippen molar-refractivity contribution in [2.45, 2.75) is 20.4 Å². The van der Waals surface area contributed by atoms with E-state index in [-0.39, 0.29) is 43.2 Å². The fourth-order valence-corrected chi connectivity index (χ4v) is 3.29. The molecule has 0 spiro atoms. The third kappa shape index (κ3) is 5.67. The van der Waals surface area contributed by atoms with Gasteiger partial charge in [0.15, 0.2) is 12.4 Å². The van der Waals surface area contributed by atoms with Gasteiger partial charge in [0.05, 0.1) is 13.2 Å². The van der Waals surface area contributed by atoms with Crippen molar-refractivity contribution in [2.24, 2.45) is 5.92 Å². The van der Waals surface area contributed by atoms with Gasteiger partial charge in [-0.05, 0) is 53.9 Å². The molecule has 3 rings (SSSR count). The van der Waals surface area contributed by atoms with Crippen molar-refractivity contribution in [3.8, 4) is 5.75 Å².